The molecule has 2 rings (SSSR count). The van der Waals surface area contributed by atoms with Gasteiger partial charge in [0.2, 0.25) is 5.22 Å². The molecule has 0 aliphatic rings. The molecule has 100 valence electrons. The lowest BCUT2D eigenvalue weighted by molar-refractivity contribution is 0.102. The summed E-state index contributed by atoms with van der Waals surface area (Å²) < 4.78 is 10.2. The van der Waals surface area contributed by atoms with E-state index in [-0.39, 0.29) is 16.7 Å². The Hall–Kier alpha value is -1.98. The van der Waals surface area contributed by atoms with Crippen molar-refractivity contribution in [2.45, 2.75) is 0 Å². The Bertz CT molecular complexity index is 569. The molecule has 6 heteroatoms. The third-order valence-electron chi connectivity index (χ3n) is 2.34. The van der Waals surface area contributed by atoms with Gasteiger partial charge in [0.25, 0.3) is 5.91 Å². The molecule has 0 saturated carbocycles. The number of anilines is 1. The molecule has 3 N–H and O–H groups in total. The number of nitrogens with one attached hydrogen (secondary N) is 1. The van der Waals surface area contributed by atoms with Crippen molar-refractivity contribution < 1.29 is 13.9 Å². The third-order valence-corrected chi connectivity index (χ3v) is 2.63. The molecule has 2 aromatic rings. The first-order valence-corrected chi connectivity index (χ1v) is 6.06. The van der Waals surface area contributed by atoms with Crippen LogP contribution in [0.4, 0.5) is 5.69 Å². The summed E-state index contributed by atoms with van der Waals surface area (Å²) in [6.45, 7) is 0.853. The molecule has 0 atom stereocenters. The molecule has 0 saturated heterocycles. The SMILES string of the molecule is NCCOc1cccc(NC(=O)c2ccoc2Cl)c1. The summed E-state index contributed by atoms with van der Waals surface area (Å²) in [5.41, 5.74) is 6.25. The number of halogens is 1. The van der Waals surface area contributed by atoms with Crippen molar-refractivity contribution in [1.82, 2.24) is 0 Å². The van der Waals surface area contributed by atoms with Crippen LogP contribution in [0.3, 0.4) is 0 Å². The third kappa shape index (κ3) is 3.49. The van der Waals surface area contributed by atoms with Crippen molar-refractivity contribution >= 4 is 23.2 Å². The largest absolute Gasteiger partial charge is 0.492 e. The van der Waals surface area contributed by atoms with E-state index in [0.717, 1.165) is 0 Å². The number of ether oxygens (including phenoxy) is 1. The quantitative estimate of drug-likeness (QED) is 0.882. The summed E-state index contributed by atoms with van der Waals surface area (Å²) in [5.74, 6) is 0.302. The van der Waals surface area contributed by atoms with Crippen LogP contribution in [0, 0.1) is 0 Å². The van der Waals surface area contributed by atoms with E-state index < -0.39 is 0 Å². The average molecular weight is 281 g/mol. The van der Waals surface area contributed by atoms with Crippen LogP contribution in [0.5, 0.6) is 5.75 Å². The topological polar surface area (TPSA) is 77.5 Å². The van der Waals surface area contributed by atoms with E-state index in [0.29, 0.717) is 24.6 Å². The van der Waals surface area contributed by atoms with Gasteiger partial charge in [0.15, 0.2) is 0 Å². The zero-order chi connectivity index (χ0) is 13.7. The maximum absolute atomic E-state index is 11.9. The van der Waals surface area contributed by atoms with Crippen LogP contribution in [-0.2, 0) is 0 Å². The van der Waals surface area contributed by atoms with Crippen LogP contribution in [0.2, 0.25) is 5.22 Å². The first-order chi connectivity index (χ1) is 9.20. The van der Waals surface area contributed by atoms with Crippen molar-refractivity contribution in [1.29, 1.82) is 0 Å². The van der Waals surface area contributed by atoms with Crippen molar-refractivity contribution in [2.24, 2.45) is 5.73 Å². The predicted molar refractivity (Wildman–Crippen MR) is 72.7 cm³/mol. The van der Waals surface area contributed by atoms with Crippen LogP contribution >= 0.6 is 11.6 Å². The Kier molecular flexibility index (Phi) is 4.43. The fourth-order valence-corrected chi connectivity index (χ4v) is 1.69. The van der Waals surface area contributed by atoms with Crippen LogP contribution in [-0.4, -0.2) is 19.1 Å². The molecule has 0 aliphatic heterocycles. The lowest BCUT2D eigenvalue weighted by Gasteiger charge is -2.08. The van der Waals surface area contributed by atoms with Crippen LogP contribution in [0.1, 0.15) is 10.4 Å². The second-order valence-electron chi connectivity index (χ2n) is 3.73. The van der Waals surface area contributed by atoms with Crippen molar-refractivity contribution in [3.63, 3.8) is 0 Å². The van der Waals surface area contributed by atoms with Crippen molar-refractivity contribution in [2.75, 3.05) is 18.5 Å². The highest BCUT2D eigenvalue weighted by Crippen LogP contribution is 2.21. The Balaban J connectivity index is 2.07. The van der Waals surface area contributed by atoms with E-state index in [1.54, 1.807) is 24.3 Å². The summed E-state index contributed by atoms with van der Waals surface area (Å²) >= 11 is 5.73. The Morgan fingerprint density at radius 1 is 1.42 bits per heavy atom. The van der Waals surface area contributed by atoms with E-state index in [9.17, 15) is 4.79 Å². The highest BCUT2D eigenvalue weighted by Gasteiger charge is 2.13. The summed E-state index contributed by atoms with van der Waals surface area (Å²) in [7, 11) is 0. The van der Waals surface area contributed by atoms with Crippen LogP contribution < -0.4 is 15.8 Å². The van der Waals surface area contributed by atoms with Crippen LogP contribution in [0.15, 0.2) is 41.0 Å². The highest BCUT2D eigenvalue weighted by atomic mass is 35.5. The number of hydrogen-bond acceptors (Lipinski definition) is 4. The molecular weight excluding hydrogens is 268 g/mol. The van der Waals surface area contributed by atoms with Crippen molar-refractivity contribution in [3.8, 4) is 5.75 Å². The second kappa shape index (κ2) is 6.26. The fourth-order valence-electron chi connectivity index (χ4n) is 1.49. The maximum Gasteiger partial charge on any atom is 0.260 e. The van der Waals surface area contributed by atoms with Gasteiger partial charge in [-0.15, -0.1) is 0 Å². The zero-order valence-corrected chi connectivity index (χ0v) is 10.8. The zero-order valence-electron chi connectivity index (χ0n) is 10.1. The number of benzene rings is 1. The van der Waals surface area contributed by atoms with E-state index in [1.807, 2.05) is 0 Å². The average Bonchev–Trinajstić information content (AvgIpc) is 2.83. The fraction of sp³-hybridized carbons (Fsp3) is 0.154. The normalized spacial score (nSPS) is 10.2. The smallest absolute Gasteiger partial charge is 0.260 e. The molecule has 19 heavy (non-hydrogen) atoms. The minimum Gasteiger partial charge on any atom is -0.492 e. The summed E-state index contributed by atoms with van der Waals surface area (Å²) in [6.07, 6.45) is 1.36. The minimum atomic E-state index is -0.338. The first kappa shape index (κ1) is 13.5. The van der Waals surface area contributed by atoms with Gasteiger partial charge in [-0.1, -0.05) is 6.07 Å². The van der Waals surface area contributed by atoms with E-state index in [2.05, 4.69) is 5.32 Å². The number of carbonyl (C=O) groups is 1. The van der Waals surface area contributed by atoms with Gasteiger partial charge in [0, 0.05) is 18.3 Å². The number of hydrogen-bond donors (Lipinski definition) is 2. The van der Waals surface area contributed by atoms with Gasteiger partial charge >= 0.3 is 0 Å². The predicted octanol–water partition coefficient (Wildman–Crippen LogP) is 2.52. The Morgan fingerprint density at radius 2 is 2.26 bits per heavy atom. The number of carbonyl (C=O) groups excluding carboxylic acids is 1. The summed E-state index contributed by atoms with van der Waals surface area (Å²) in [6, 6.07) is 8.53. The minimum absolute atomic E-state index is 0.0630. The van der Waals surface area contributed by atoms with Gasteiger partial charge in [0.1, 0.15) is 12.4 Å². The molecule has 1 aromatic heterocycles. The standard InChI is InChI=1S/C13H13ClN2O3/c14-12-11(4-6-19-12)13(17)16-9-2-1-3-10(8-9)18-7-5-15/h1-4,6,8H,5,7,15H2,(H,16,17). The van der Waals surface area contributed by atoms with Gasteiger partial charge in [0.05, 0.1) is 11.8 Å². The molecule has 5 nitrogen and oxygen atoms in total. The van der Waals surface area contributed by atoms with Gasteiger partial charge in [-0.25, -0.2) is 0 Å². The van der Waals surface area contributed by atoms with Gasteiger partial charge in [-0.05, 0) is 29.8 Å². The summed E-state index contributed by atoms with van der Waals surface area (Å²) in [5, 5.41) is 2.77. The molecule has 0 fully saturated rings. The molecule has 1 amide bonds. The molecule has 0 aliphatic carbocycles. The first-order valence-electron chi connectivity index (χ1n) is 5.68. The van der Waals surface area contributed by atoms with E-state index in [1.165, 1.54) is 12.3 Å². The molecule has 0 spiro atoms. The van der Waals surface area contributed by atoms with E-state index >= 15 is 0 Å². The van der Waals surface area contributed by atoms with Crippen molar-refractivity contribution in [3.05, 3.63) is 47.4 Å². The molecule has 1 aromatic carbocycles. The molecule has 0 radical (unpaired) electrons. The Labute approximate surface area is 115 Å². The van der Waals surface area contributed by atoms with Gasteiger partial charge in [-0.3, -0.25) is 4.79 Å². The molecule has 0 bridgehead atoms. The van der Waals surface area contributed by atoms with E-state index in [4.69, 9.17) is 26.5 Å². The lowest BCUT2D eigenvalue weighted by Crippen LogP contribution is -2.12. The molecule has 0 unspecified atom stereocenters. The summed E-state index contributed by atoms with van der Waals surface area (Å²) in [4.78, 5) is 11.9. The number of rotatable bonds is 5. The molecule has 1 heterocycles. The Morgan fingerprint density at radius 3 is 2.95 bits per heavy atom. The highest BCUT2D eigenvalue weighted by molar-refractivity contribution is 6.32. The monoisotopic (exact) mass is 280 g/mol. The van der Waals surface area contributed by atoms with Gasteiger partial charge < -0.3 is 20.2 Å². The number of furan rings is 1. The molecular formula is C13H13ClN2O3. The number of nitrogens with two attached hydrogens (primary N) is 1. The second-order valence-corrected chi connectivity index (χ2v) is 4.07. The van der Waals surface area contributed by atoms with Gasteiger partial charge in [-0.2, -0.15) is 0 Å². The lowest BCUT2D eigenvalue weighted by atomic mass is 10.2. The number of amides is 1. The maximum atomic E-state index is 11.9. The van der Waals surface area contributed by atoms with Crippen LogP contribution in [0.25, 0.3) is 0 Å².